The lowest BCUT2D eigenvalue weighted by atomic mass is 9.97. The van der Waals surface area contributed by atoms with Gasteiger partial charge in [0.25, 0.3) is 0 Å². The fraction of sp³-hybridized carbons (Fsp3) is 0.800. The molecule has 1 N–H and O–H groups in total. The van der Waals surface area contributed by atoms with Crippen molar-refractivity contribution < 1.29 is 4.79 Å². The molecule has 0 bridgehead atoms. The number of carbonyl (C=O) groups excluding carboxylic acids is 1. The second-order valence-electron chi connectivity index (χ2n) is 6.34. The van der Waals surface area contributed by atoms with Gasteiger partial charge in [-0.05, 0) is 25.7 Å². The summed E-state index contributed by atoms with van der Waals surface area (Å²) in [6, 6.07) is 0.549. The average molecular weight is 291 g/mol. The number of likely N-dealkylation sites (tertiary alicyclic amines) is 1. The van der Waals surface area contributed by atoms with Crippen LogP contribution in [0.2, 0.25) is 0 Å². The minimum Gasteiger partial charge on any atom is -0.341 e. The van der Waals surface area contributed by atoms with Crippen molar-refractivity contribution in [2.75, 3.05) is 19.6 Å². The van der Waals surface area contributed by atoms with Crippen LogP contribution >= 0.6 is 0 Å². The summed E-state index contributed by atoms with van der Waals surface area (Å²) in [6.07, 6.45) is 8.90. The Bertz CT molecular complexity index is 480. The Morgan fingerprint density at radius 2 is 2.14 bits per heavy atom. The van der Waals surface area contributed by atoms with E-state index in [1.54, 1.807) is 6.33 Å². The van der Waals surface area contributed by atoms with Gasteiger partial charge < -0.3 is 14.8 Å². The molecule has 1 aromatic heterocycles. The van der Waals surface area contributed by atoms with Crippen LogP contribution in [0.5, 0.6) is 0 Å². The second-order valence-corrected chi connectivity index (χ2v) is 6.34. The summed E-state index contributed by atoms with van der Waals surface area (Å²) in [5.41, 5.74) is 0. The van der Waals surface area contributed by atoms with Crippen LogP contribution in [0, 0.1) is 0 Å². The maximum absolute atomic E-state index is 12.4. The predicted octanol–water partition coefficient (Wildman–Crippen LogP) is 1.05. The van der Waals surface area contributed by atoms with Crippen LogP contribution < -0.4 is 5.32 Å². The summed E-state index contributed by atoms with van der Waals surface area (Å²) >= 11 is 0. The van der Waals surface area contributed by atoms with Crippen LogP contribution in [0.1, 0.15) is 50.3 Å². The molecule has 2 fully saturated rings. The molecule has 2 aliphatic rings. The summed E-state index contributed by atoms with van der Waals surface area (Å²) in [4.78, 5) is 14.4. The molecule has 21 heavy (non-hydrogen) atoms. The SMILES string of the molecule is Cn1cnnc1C1CCCN(C(=O)CNC2CCCC2)C1. The van der Waals surface area contributed by atoms with Crippen molar-refractivity contribution in [1.82, 2.24) is 25.0 Å². The zero-order valence-corrected chi connectivity index (χ0v) is 12.8. The van der Waals surface area contributed by atoms with Gasteiger partial charge in [0.15, 0.2) is 0 Å². The molecule has 1 saturated heterocycles. The van der Waals surface area contributed by atoms with E-state index in [0.29, 0.717) is 18.5 Å². The van der Waals surface area contributed by atoms with E-state index in [-0.39, 0.29) is 5.91 Å². The van der Waals surface area contributed by atoms with Crippen molar-refractivity contribution >= 4 is 5.91 Å². The predicted molar refractivity (Wildman–Crippen MR) is 79.8 cm³/mol. The van der Waals surface area contributed by atoms with Crippen molar-refractivity contribution in [3.8, 4) is 0 Å². The number of aromatic nitrogens is 3. The van der Waals surface area contributed by atoms with E-state index < -0.39 is 0 Å². The van der Waals surface area contributed by atoms with Crippen LogP contribution in [0.4, 0.5) is 0 Å². The van der Waals surface area contributed by atoms with Crippen LogP contribution in [-0.4, -0.2) is 51.2 Å². The van der Waals surface area contributed by atoms with E-state index in [9.17, 15) is 4.79 Å². The number of hydrogen-bond acceptors (Lipinski definition) is 4. The Morgan fingerprint density at radius 3 is 2.86 bits per heavy atom. The van der Waals surface area contributed by atoms with Crippen LogP contribution in [0.25, 0.3) is 0 Å². The topological polar surface area (TPSA) is 63.1 Å². The number of amides is 1. The van der Waals surface area contributed by atoms with Gasteiger partial charge in [0.1, 0.15) is 12.2 Å². The Morgan fingerprint density at radius 1 is 1.33 bits per heavy atom. The van der Waals surface area contributed by atoms with Crippen LogP contribution in [0.15, 0.2) is 6.33 Å². The number of hydrogen-bond donors (Lipinski definition) is 1. The highest BCUT2D eigenvalue weighted by atomic mass is 16.2. The van der Waals surface area contributed by atoms with E-state index in [0.717, 1.165) is 31.8 Å². The number of nitrogens with one attached hydrogen (secondary N) is 1. The molecule has 1 aliphatic heterocycles. The number of aryl methyl sites for hydroxylation is 1. The van der Waals surface area contributed by atoms with E-state index >= 15 is 0 Å². The molecule has 0 spiro atoms. The molecule has 1 atom stereocenters. The van der Waals surface area contributed by atoms with Crippen LogP contribution in [-0.2, 0) is 11.8 Å². The number of piperidine rings is 1. The van der Waals surface area contributed by atoms with Gasteiger partial charge in [0.05, 0.1) is 6.54 Å². The Kier molecular flexibility index (Phi) is 4.53. The first-order valence-electron chi connectivity index (χ1n) is 8.09. The fourth-order valence-corrected chi connectivity index (χ4v) is 3.55. The smallest absolute Gasteiger partial charge is 0.236 e. The third kappa shape index (κ3) is 3.43. The molecule has 1 aromatic rings. The summed E-state index contributed by atoms with van der Waals surface area (Å²) in [5, 5.41) is 11.6. The lowest BCUT2D eigenvalue weighted by molar-refractivity contribution is -0.131. The van der Waals surface area contributed by atoms with Crippen molar-refractivity contribution in [2.45, 2.75) is 50.5 Å². The van der Waals surface area contributed by atoms with Gasteiger partial charge in [0, 0.05) is 32.1 Å². The summed E-state index contributed by atoms with van der Waals surface area (Å²) in [6.45, 7) is 2.13. The number of carbonyl (C=O) groups is 1. The Labute approximate surface area is 125 Å². The Balaban J connectivity index is 1.53. The molecule has 2 heterocycles. The molecular weight excluding hydrogens is 266 g/mol. The number of rotatable bonds is 4. The van der Waals surface area contributed by atoms with Gasteiger partial charge in [-0.15, -0.1) is 10.2 Å². The summed E-state index contributed by atoms with van der Waals surface area (Å²) in [5.74, 6) is 1.55. The first-order chi connectivity index (χ1) is 10.2. The van der Waals surface area contributed by atoms with Crippen molar-refractivity contribution in [3.05, 3.63) is 12.2 Å². The normalized spacial score (nSPS) is 23.7. The maximum Gasteiger partial charge on any atom is 0.236 e. The van der Waals surface area contributed by atoms with E-state index in [1.807, 2.05) is 16.5 Å². The van der Waals surface area contributed by atoms with Gasteiger partial charge in [-0.25, -0.2) is 0 Å². The quantitative estimate of drug-likeness (QED) is 0.901. The standard InChI is InChI=1S/C15H25N5O/c1-19-11-17-18-15(19)12-5-4-8-20(10-12)14(21)9-16-13-6-2-3-7-13/h11-13,16H,2-10H2,1H3. The molecule has 0 radical (unpaired) electrons. The third-order valence-corrected chi connectivity index (χ3v) is 4.78. The molecule has 1 saturated carbocycles. The summed E-state index contributed by atoms with van der Waals surface area (Å²) < 4.78 is 1.97. The van der Waals surface area contributed by atoms with E-state index in [1.165, 1.54) is 25.7 Å². The molecule has 3 rings (SSSR count). The molecule has 6 heteroatoms. The minimum atomic E-state index is 0.230. The second kappa shape index (κ2) is 6.56. The molecule has 6 nitrogen and oxygen atoms in total. The largest absolute Gasteiger partial charge is 0.341 e. The average Bonchev–Trinajstić information content (AvgIpc) is 3.16. The van der Waals surface area contributed by atoms with Crippen molar-refractivity contribution in [1.29, 1.82) is 0 Å². The minimum absolute atomic E-state index is 0.230. The highest BCUT2D eigenvalue weighted by molar-refractivity contribution is 5.78. The molecule has 1 aliphatic carbocycles. The van der Waals surface area contributed by atoms with Gasteiger partial charge in [-0.3, -0.25) is 4.79 Å². The van der Waals surface area contributed by atoms with Gasteiger partial charge >= 0.3 is 0 Å². The first-order valence-corrected chi connectivity index (χ1v) is 8.09. The van der Waals surface area contributed by atoms with Crippen LogP contribution in [0.3, 0.4) is 0 Å². The molecule has 1 amide bonds. The van der Waals surface area contributed by atoms with E-state index in [4.69, 9.17) is 0 Å². The number of nitrogens with zero attached hydrogens (tertiary/aromatic N) is 4. The lowest BCUT2D eigenvalue weighted by Crippen LogP contribution is -2.45. The van der Waals surface area contributed by atoms with Crippen molar-refractivity contribution in [2.24, 2.45) is 7.05 Å². The zero-order valence-electron chi connectivity index (χ0n) is 12.8. The summed E-state index contributed by atoms with van der Waals surface area (Å²) in [7, 11) is 1.97. The van der Waals surface area contributed by atoms with Gasteiger partial charge in [-0.1, -0.05) is 12.8 Å². The van der Waals surface area contributed by atoms with E-state index in [2.05, 4.69) is 15.5 Å². The fourth-order valence-electron chi connectivity index (χ4n) is 3.55. The lowest BCUT2D eigenvalue weighted by Gasteiger charge is -2.32. The highest BCUT2D eigenvalue weighted by Crippen LogP contribution is 2.25. The Hall–Kier alpha value is -1.43. The molecular formula is C15H25N5O. The third-order valence-electron chi connectivity index (χ3n) is 4.78. The van der Waals surface area contributed by atoms with Gasteiger partial charge in [0.2, 0.25) is 5.91 Å². The molecule has 0 aromatic carbocycles. The molecule has 1 unspecified atom stereocenters. The maximum atomic E-state index is 12.4. The zero-order chi connectivity index (χ0) is 14.7. The highest BCUT2D eigenvalue weighted by Gasteiger charge is 2.27. The molecule has 116 valence electrons. The monoisotopic (exact) mass is 291 g/mol. The van der Waals surface area contributed by atoms with Gasteiger partial charge in [-0.2, -0.15) is 0 Å². The first kappa shape index (κ1) is 14.5. The van der Waals surface area contributed by atoms with Crippen molar-refractivity contribution in [3.63, 3.8) is 0 Å².